The summed E-state index contributed by atoms with van der Waals surface area (Å²) >= 11 is 5.92. The highest BCUT2D eigenvalue weighted by Gasteiger charge is 2.24. The van der Waals surface area contributed by atoms with Crippen molar-refractivity contribution in [1.29, 1.82) is 5.26 Å². The lowest BCUT2D eigenvalue weighted by atomic mass is 9.93. The lowest BCUT2D eigenvalue weighted by Crippen LogP contribution is -2.16. The summed E-state index contributed by atoms with van der Waals surface area (Å²) in [6.45, 7) is 1.94. The molecule has 1 amide bonds. The highest BCUT2D eigenvalue weighted by atomic mass is 35.5. The van der Waals surface area contributed by atoms with E-state index < -0.39 is 5.91 Å². The number of nitriles is 1. The van der Waals surface area contributed by atoms with Crippen LogP contribution in [0.5, 0.6) is 11.5 Å². The van der Waals surface area contributed by atoms with E-state index in [-0.39, 0.29) is 5.57 Å². The van der Waals surface area contributed by atoms with Crippen LogP contribution in [-0.4, -0.2) is 13.0 Å². The summed E-state index contributed by atoms with van der Waals surface area (Å²) in [7, 11) is 1.60. The fraction of sp³-hybridized carbons (Fsp3) is 0.0769. The number of benzene rings is 3. The first-order valence-electron chi connectivity index (χ1n) is 9.85. The van der Waals surface area contributed by atoms with Crippen molar-refractivity contribution in [3.8, 4) is 17.6 Å². The van der Waals surface area contributed by atoms with Gasteiger partial charge in [0.05, 0.1) is 7.11 Å². The van der Waals surface area contributed by atoms with Crippen molar-refractivity contribution in [3.05, 3.63) is 100 Å². The Kier molecular flexibility index (Phi) is 5.98. The Morgan fingerprint density at radius 2 is 1.78 bits per heavy atom. The molecule has 3 aromatic rings. The van der Waals surface area contributed by atoms with Crippen LogP contribution in [0.4, 0.5) is 5.69 Å². The molecule has 158 valence electrons. The monoisotopic (exact) mass is 442 g/mol. The number of hydrogen-bond donors (Lipinski definition) is 1. The van der Waals surface area contributed by atoms with E-state index in [1.807, 2.05) is 49.4 Å². The average molecular weight is 443 g/mol. The molecule has 0 spiro atoms. The van der Waals surface area contributed by atoms with E-state index in [4.69, 9.17) is 21.1 Å². The summed E-state index contributed by atoms with van der Waals surface area (Å²) in [4.78, 5) is 13.0. The maximum absolute atomic E-state index is 13.0. The van der Waals surface area contributed by atoms with Crippen molar-refractivity contribution in [2.24, 2.45) is 0 Å². The smallest absolute Gasteiger partial charge is 0.266 e. The average Bonchev–Trinajstić information content (AvgIpc) is 2.81. The number of ether oxygens (including phenoxy) is 2. The zero-order valence-corrected chi connectivity index (χ0v) is 18.2. The van der Waals surface area contributed by atoms with Crippen molar-refractivity contribution in [3.63, 3.8) is 0 Å². The highest BCUT2D eigenvalue weighted by molar-refractivity contribution is 6.30. The lowest BCUT2D eigenvalue weighted by molar-refractivity contribution is -0.112. The van der Waals surface area contributed by atoms with Crippen LogP contribution in [0.15, 0.2) is 78.4 Å². The van der Waals surface area contributed by atoms with E-state index in [2.05, 4.69) is 11.4 Å². The lowest BCUT2D eigenvalue weighted by Gasteiger charge is -2.22. The molecule has 1 heterocycles. The molecule has 0 atom stereocenters. The predicted molar refractivity (Wildman–Crippen MR) is 125 cm³/mol. The predicted octanol–water partition coefficient (Wildman–Crippen LogP) is 6.01. The molecule has 1 N–H and O–H groups in total. The summed E-state index contributed by atoms with van der Waals surface area (Å²) in [6.07, 6.45) is 1.73. The van der Waals surface area contributed by atoms with Gasteiger partial charge in [0, 0.05) is 27.4 Å². The molecule has 0 aliphatic carbocycles. The van der Waals surface area contributed by atoms with Gasteiger partial charge in [-0.25, -0.2) is 0 Å². The van der Waals surface area contributed by atoms with E-state index in [1.165, 1.54) is 0 Å². The number of amides is 1. The fourth-order valence-corrected chi connectivity index (χ4v) is 3.49. The number of anilines is 1. The third kappa shape index (κ3) is 4.36. The highest BCUT2D eigenvalue weighted by Crippen LogP contribution is 2.39. The Morgan fingerprint density at radius 1 is 1.06 bits per heavy atom. The number of halogens is 1. The minimum absolute atomic E-state index is 0.0129. The van der Waals surface area contributed by atoms with Gasteiger partial charge in [-0.15, -0.1) is 0 Å². The van der Waals surface area contributed by atoms with E-state index in [0.717, 1.165) is 16.9 Å². The van der Waals surface area contributed by atoms with Gasteiger partial charge in [0.1, 0.15) is 28.9 Å². The van der Waals surface area contributed by atoms with Crippen molar-refractivity contribution in [1.82, 2.24) is 0 Å². The number of aryl methyl sites for hydroxylation is 1. The van der Waals surface area contributed by atoms with Crippen molar-refractivity contribution in [2.75, 3.05) is 12.4 Å². The molecule has 5 nitrogen and oxygen atoms in total. The van der Waals surface area contributed by atoms with Gasteiger partial charge in [0.25, 0.3) is 5.91 Å². The first kappa shape index (κ1) is 21.2. The van der Waals surface area contributed by atoms with Crippen molar-refractivity contribution in [2.45, 2.75) is 6.92 Å². The topological polar surface area (TPSA) is 71.3 Å². The maximum atomic E-state index is 13.0. The molecule has 0 saturated carbocycles. The van der Waals surface area contributed by atoms with Crippen LogP contribution >= 0.6 is 11.6 Å². The molecule has 0 radical (unpaired) electrons. The number of carbonyl (C=O) groups is 1. The Hall–Kier alpha value is -4.01. The van der Waals surface area contributed by atoms with E-state index in [9.17, 15) is 10.1 Å². The number of nitrogens with zero attached hydrogens (tertiary/aromatic N) is 1. The minimum atomic E-state index is -0.510. The van der Waals surface area contributed by atoms with Crippen LogP contribution in [0.25, 0.3) is 11.3 Å². The number of hydrogen-bond acceptors (Lipinski definition) is 4. The maximum Gasteiger partial charge on any atom is 0.266 e. The van der Waals surface area contributed by atoms with Crippen LogP contribution in [-0.2, 0) is 4.79 Å². The van der Waals surface area contributed by atoms with Crippen LogP contribution in [0.1, 0.15) is 16.7 Å². The number of rotatable bonds is 4. The van der Waals surface area contributed by atoms with Gasteiger partial charge in [0.2, 0.25) is 0 Å². The molecule has 0 saturated heterocycles. The van der Waals surface area contributed by atoms with E-state index in [0.29, 0.717) is 33.4 Å². The second-order valence-corrected chi connectivity index (χ2v) is 7.64. The molecule has 0 unspecified atom stereocenters. The number of methoxy groups -OCH3 is 1. The van der Waals surface area contributed by atoms with Gasteiger partial charge in [0.15, 0.2) is 0 Å². The number of fused-ring (bicyclic) bond motifs is 1. The molecular weight excluding hydrogens is 424 g/mol. The van der Waals surface area contributed by atoms with Crippen LogP contribution in [0, 0.1) is 18.3 Å². The molecular formula is C26H19ClN2O3. The second kappa shape index (κ2) is 9.01. The van der Waals surface area contributed by atoms with Gasteiger partial charge in [-0.3, -0.25) is 4.79 Å². The molecule has 6 heteroatoms. The van der Waals surface area contributed by atoms with Crippen LogP contribution in [0.2, 0.25) is 5.02 Å². The molecule has 0 fully saturated rings. The Morgan fingerprint density at radius 3 is 2.44 bits per heavy atom. The number of nitrogens with one attached hydrogen (secondary N) is 1. The fourth-order valence-electron chi connectivity index (χ4n) is 3.36. The SMILES string of the molecule is COc1ccc(C2=C/C(=C(/C#N)C(=O)Nc3ccc(Cl)cc3)c3cc(C)ccc3O2)cc1. The van der Waals surface area contributed by atoms with Crippen molar-refractivity contribution >= 4 is 34.5 Å². The Labute approximate surface area is 191 Å². The molecule has 0 bridgehead atoms. The summed E-state index contributed by atoms with van der Waals surface area (Å²) < 4.78 is 11.3. The molecule has 0 aromatic heterocycles. The minimum Gasteiger partial charge on any atom is -0.497 e. The summed E-state index contributed by atoms with van der Waals surface area (Å²) in [5.74, 6) is 1.32. The standard InChI is InChI=1S/C26H19ClN2O3/c1-16-3-12-24-22(13-16)21(14-25(32-24)17-4-10-20(31-2)11-5-17)23(15-28)26(30)29-19-8-6-18(27)7-9-19/h3-14H,1-2H3,(H,29,30)/b23-21+. The van der Waals surface area contributed by atoms with Gasteiger partial charge in [-0.2, -0.15) is 5.26 Å². The van der Waals surface area contributed by atoms with Crippen LogP contribution in [0.3, 0.4) is 0 Å². The zero-order valence-electron chi connectivity index (χ0n) is 17.5. The number of allylic oxidation sites excluding steroid dienone is 2. The third-order valence-electron chi connectivity index (χ3n) is 5.01. The van der Waals surface area contributed by atoms with E-state index in [1.54, 1.807) is 37.5 Å². The van der Waals surface area contributed by atoms with Gasteiger partial charge < -0.3 is 14.8 Å². The molecule has 1 aliphatic rings. The summed E-state index contributed by atoms with van der Waals surface area (Å²) in [5.41, 5.74) is 3.50. The first-order chi connectivity index (χ1) is 15.5. The van der Waals surface area contributed by atoms with E-state index >= 15 is 0 Å². The second-order valence-electron chi connectivity index (χ2n) is 7.20. The van der Waals surface area contributed by atoms with Gasteiger partial charge in [-0.05, 0) is 73.7 Å². The van der Waals surface area contributed by atoms with Crippen molar-refractivity contribution < 1.29 is 14.3 Å². The van der Waals surface area contributed by atoms with Gasteiger partial charge in [-0.1, -0.05) is 23.2 Å². The summed E-state index contributed by atoms with van der Waals surface area (Å²) in [6, 6.07) is 21.8. The Balaban J connectivity index is 1.81. The molecule has 1 aliphatic heterocycles. The molecule has 4 rings (SSSR count). The Bertz CT molecular complexity index is 1280. The quantitative estimate of drug-likeness (QED) is 0.397. The third-order valence-corrected chi connectivity index (χ3v) is 5.26. The van der Waals surface area contributed by atoms with Gasteiger partial charge >= 0.3 is 0 Å². The first-order valence-corrected chi connectivity index (χ1v) is 10.2. The summed E-state index contributed by atoms with van der Waals surface area (Å²) in [5, 5.41) is 13.2. The normalized spacial score (nSPS) is 13.8. The zero-order chi connectivity index (χ0) is 22.7. The molecule has 32 heavy (non-hydrogen) atoms. The largest absolute Gasteiger partial charge is 0.497 e. The van der Waals surface area contributed by atoms with Crippen LogP contribution < -0.4 is 14.8 Å². The number of carbonyl (C=O) groups excluding carboxylic acids is 1. The molecule has 3 aromatic carbocycles.